The van der Waals surface area contributed by atoms with Crippen molar-refractivity contribution in [2.45, 2.75) is 6.61 Å². The molecule has 4 nitrogen and oxygen atoms in total. The van der Waals surface area contributed by atoms with Gasteiger partial charge in [0.1, 0.15) is 23.8 Å². The maximum absolute atomic E-state index is 13.2. The van der Waals surface area contributed by atoms with Crippen molar-refractivity contribution in [3.8, 4) is 5.75 Å². The van der Waals surface area contributed by atoms with Crippen LogP contribution < -0.4 is 4.74 Å². The lowest BCUT2D eigenvalue weighted by Crippen LogP contribution is -2.01. The van der Waals surface area contributed by atoms with Crippen molar-refractivity contribution < 1.29 is 13.9 Å². The fourth-order valence-corrected chi connectivity index (χ4v) is 2.01. The molecule has 0 spiro atoms. The van der Waals surface area contributed by atoms with Gasteiger partial charge in [0.15, 0.2) is 6.29 Å². The Morgan fingerprint density at radius 2 is 2.20 bits per heavy atom. The van der Waals surface area contributed by atoms with Crippen molar-refractivity contribution in [3.05, 3.63) is 65.9 Å². The molecular weight excluding hydrogens is 259 g/mol. The number of carbonyl (C=O) groups is 1. The molecule has 0 amide bonds. The molecule has 20 heavy (non-hydrogen) atoms. The number of nitrogens with zero attached hydrogens (tertiary/aromatic N) is 2. The zero-order valence-electron chi connectivity index (χ0n) is 10.5. The summed E-state index contributed by atoms with van der Waals surface area (Å²) >= 11 is 0. The number of carbonyl (C=O) groups excluding carboxylic acids is 1. The predicted molar refractivity (Wildman–Crippen MR) is 71.3 cm³/mol. The van der Waals surface area contributed by atoms with Gasteiger partial charge in [-0.1, -0.05) is 6.07 Å². The van der Waals surface area contributed by atoms with Crippen molar-refractivity contribution in [1.29, 1.82) is 0 Å². The maximum Gasteiger partial charge on any atom is 0.153 e. The molecule has 0 aliphatic carbocycles. The molecule has 2 aromatic heterocycles. The van der Waals surface area contributed by atoms with E-state index < -0.39 is 5.82 Å². The summed E-state index contributed by atoms with van der Waals surface area (Å²) < 4.78 is 20.6. The van der Waals surface area contributed by atoms with Gasteiger partial charge in [-0.25, -0.2) is 9.37 Å². The van der Waals surface area contributed by atoms with Crippen molar-refractivity contribution in [2.75, 3.05) is 0 Å². The molecule has 0 fully saturated rings. The van der Waals surface area contributed by atoms with Gasteiger partial charge in [0.25, 0.3) is 0 Å². The number of hydrogen-bond acceptors (Lipinski definition) is 3. The van der Waals surface area contributed by atoms with Crippen molar-refractivity contribution in [3.63, 3.8) is 0 Å². The van der Waals surface area contributed by atoms with Crippen molar-refractivity contribution in [1.82, 2.24) is 9.38 Å². The predicted octanol–water partition coefficient (Wildman–Crippen LogP) is 2.86. The fourth-order valence-electron chi connectivity index (χ4n) is 2.01. The maximum atomic E-state index is 13.2. The summed E-state index contributed by atoms with van der Waals surface area (Å²) in [5.74, 6) is -0.210. The third-order valence-corrected chi connectivity index (χ3v) is 2.99. The van der Waals surface area contributed by atoms with Crippen LogP contribution in [-0.2, 0) is 6.61 Å². The highest BCUT2D eigenvalue weighted by molar-refractivity contribution is 5.79. The van der Waals surface area contributed by atoms with E-state index in [-0.39, 0.29) is 12.4 Å². The Morgan fingerprint density at radius 1 is 1.30 bits per heavy atom. The van der Waals surface area contributed by atoms with Crippen LogP contribution in [-0.4, -0.2) is 15.7 Å². The molecule has 5 heteroatoms. The first kappa shape index (κ1) is 12.3. The quantitative estimate of drug-likeness (QED) is 0.685. The number of aromatic nitrogens is 2. The number of halogens is 1. The van der Waals surface area contributed by atoms with Crippen molar-refractivity contribution in [2.24, 2.45) is 0 Å². The first-order valence-electron chi connectivity index (χ1n) is 6.06. The fraction of sp³-hybridized carbons (Fsp3) is 0.0667. The Morgan fingerprint density at radius 3 is 3.05 bits per heavy atom. The lowest BCUT2D eigenvalue weighted by molar-refractivity contribution is 0.111. The average molecular weight is 270 g/mol. The van der Waals surface area contributed by atoms with E-state index in [1.807, 2.05) is 28.9 Å². The highest BCUT2D eigenvalue weighted by Gasteiger charge is 2.07. The Labute approximate surface area is 114 Å². The van der Waals surface area contributed by atoms with Gasteiger partial charge < -0.3 is 9.14 Å². The molecule has 0 aliphatic heterocycles. The summed E-state index contributed by atoms with van der Waals surface area (Å²) in [4.78, 5) is 15.1. The molecule has 0 saturated carbocycles. The van der Waals surface area contributed by atoms with Crippen molar-refractivity contribution >= 4 is 11.9 Å². The van der Waals surface area contributed by atoms with Gasteiger partial charge in [-0.05, 0) is 18.2 Å². The summed E-state index contributed by atoms with van der Waals surface area (Å²) in [5.41, 5.74) is 1.96. The molecule has 1 aromatic carbocycles. The Balaban J connectivity index is 1.88. The average Bonchev–Trinajstić information content (AvgIpc) is 2.94. The van der Waals surface area contributed by atoms with Gasteiger partial charge in [0.2, 0.25) is 0 Å². The number of ether oxygens (including phenoxy) is 1. The second kappa shape index (κ2) is 5.13. The number of aldehydes is 1. The third-order valence-electron chi connectivity index (χ3n) is 2.99. The first-order valence-corrected chi connectivity index (χ1v) is 6.06. The van der Waals surface area contributed by atoms with E-state index in [2.05, 4.69) is 4.98 Å². The molecule has 0 N–H and O–H groups in total. The van der Waals surface area contributed by atoms with Gasteiger partial charge in [0.05, 0.1) is 5.56 Å². The highest BCUT2D eigenvalue weighted by atomic mass is 19.1. The van der Waals surface area contributed by atoms with Crippen LogP contribution in [0.15, 0.2) is 48.9 Å². The van der Waals surface area contributed by atoms with Crippen LogP contribution in [0, 0.1) is 5.82 Å². The van der Waals surface area contributed by atoms with E-state index >= 15 is 0 Å². The zero-order valence-corrected chi connectivity index (χ0v) is 10.5. The number of pyridine rings is 1. The number of hydrogen-bond donors (Lipinski definition) is 0. The topological polar surface area (TPSA) is 43.6 Å². The molecule has 0 atom stereocenters. The lowest BCUT2D eigenvalue weighted by atomic mass is 10.2. The van der Waals surface area contributed by atoms with E-state index in [9.17, 15) is 9.18 Å². The number of imidazole rings is 1. The summed E-state index contributed by atoms with van der Waals surface area (Å²) in [7, 11) is 0. The van der Waals surface area contributed by atoms with Crippen LogP contribution in [0.1, 0.15) is 15.9 Å². The van der Waals surface area contributed by atoms with Gasteiger partial charge in [0, 0.05) is 30.2 Å². The van der Waals surface area contributed by atoms with Gasteiger partial charge >= 0.3 is 0 Å². The second-order valence-corrected chi connectivity index (χ2v) is 4.28. The van der Waals surface area contributed by atoms with E-state index in [1.165, 1.54) is 18.2 Å². The third kappa shape index (κ3) is 2.25. The number of benzene rings is 1. The largest absolute Gasteiger partial charge is 0.488 e. The molecule has 0 radical (unpaired) electrons. The number of fused-ring (bicyclic) bond motifs is 1. The number of rotatable bonds is 4. The highest BCUT2D eigenvalue weighted by Crippen LogP contribution is 2.20. The second-order valence-electron chi connectivity index (χ2n) is 4.28. The molecule has 0 unspecified atom stereocenters. The summed E-state index contributed by atoms with van der Waals surface area (Å²) in [6.07, 6.45) is 6.05. The van der Waals surface area contributed by atoms with Gasteiger partial charge in [-0.15, -0.1) is 0 Å². The Bertz CT molecular complexity index is 767. The van der Waals surface area contributed by atoms with Crippen LogP contribution in [0.25, 0.3) is 5.65 Å². The lowest BCUT2D eigenvalue weighted by Gasteiger charge is -2.09. The Kier molecular flexibility index (Phi) is 3.16. The zero-order chi connectivity index (χ0) is 13.9. The van der Waals surface area contributed by atoms with Gasteiger partial charge in [-0.2, -0.15) is 0 Å². The monoisotopic (exact) mass is 270 g/mol. The normalized spacial score (nSPS) is 10.7. The minimum Gasteiger partial charge on any atom is -0.488 e. The van der Waals surface area contributed by atoms with Crippen LogP contribution in [0.2, 0.25) is 0 Å². The van der Waals surface area contributed by atoms with E-state index in [4.69, 9.17) is 4.74 Å². The molecule has 0 aliphatic rings. The van der Waals surface area contributed by atoms with Crippen LogP contribution in [0.4, 0.5) is 4.39 Å². The molecule has 3 aromatic rings. The summed E-state index contributed by atoms with van der Waals surface area (Å²) in [6, 6.07) is 7.58. The minimum atomic E-state index is -0.440. The minimum absolute atomic E-state index is 0.214. The summed E-state index contributed by atoms with van der Waals surface area (Å²) in [5, 5.41) is 0. The van der Waals surface area contributed by atoms with E-state index in [0.29, 0.717) is 11.8 Å². The molecule has 3 rings (SSSR count). The molecule has 0 saturated heterocycles. The van der Waals surface area contributed by atoms with Crippen LogP contribution in [0.3, 0.4) is 0 Å². The molecule has 100 valence electrons. The summed E-state index contributed by atoms with van der Waals surface area (Å²) in [6.45, 7) is 0.214. The molecular formula is C15H11FN2O2. The van der Waals surface area contributed by atoms with Crippen LogP contribution >= 0.6 is 0 Å². The molecule has 0 bridgehead atoms. The standard InChI is InChI=1S/C15H11FN2O2/c16-13-4-3-11(9-19)14(8-13)20-10-12-2-1-6-18-7-5-17-15(12)18/h1-9H,10H2. The Hall–Kier alpha value is -2.69. The SMILES string of the molecule is O=Cc1ccc(F)cc1OCc1cccn2ccnc12. The first-order chi connectivity index (χ1) is 9.78. The van der Waals surface area contributed by atoms with E-state index in [1.54, 1.807) is 6.20 Å². The van der Waals surface area contributed by atoms with E-state index in [0.717, 1.165) is 11.2 Å². The smallest absolute Gasteiger partial charge is 0.153 e. The van der Waals surface area contributed by atoms with Crippen LogP contribution in [0.5, 0.6) is 5.75 Å². The van der Waals surface area contributed by atoms with Gasteiger partial charge in [-0.3, -0.25) is 4.79 Å². The molecule has 2 heterocycles.